The van der Waals surface area contributed by atoms with E-state index in [1.54, 1.807) is 30.3 Å². The van der Waals surface area contributed by atoms with Gasteiger partial charge in [-0.25, -0.2) is 0 Å². The second-order valence-corrected chi connectivity index (χ2v) is 11.4. The van der Waals surface area contributed by atoms with Crippen molar-refractivity contribution in [2.75, 3.05) is 57.5 Å². The Morgan fingerprint density at radius 3 is 2.47 bits per heavy atom. The third kappa shape index (κ3) is 7.56. The molecule has 2 saturated heterocycles. The van der Waals surface area contributed by atoms with Crippen molar-refractivity contribution in [1.82, 2.24) is 14.4 Å². The van der Waals surface area contributed by atoms with Gasteiger partial charge in [0.1, 0.15) is 12.3 Å². The number of nitrogens with zero attached hydrogens (tertiary/aromatic N) is 3. The van der Waals surface area contributed by atoms with E-state index in [0.29, 0.717) is 28.6 Å². The fourth-order valence-electron chi connectivity index (χ4n) is 6.12. The summed E-state index contributed by atoms with van der Waals surface area (Å²) in [5.74, 6) is 5.72. The fraction of sp³-hybridized carbons (Fsp3) is 0.469. The first-order chi connectivity index (χ1) is 20.6. The molecule has 0 spiro atoms. The number of anilines is 2. The van der Waals surface area contributed by atoms with Gasteiger partial charge in [-0.3, -0.25) is 4.79 Å². The van der Waals surface area contributed by atoms with Crippen LogP contribution >= 0.6 is 0 Å². The zero-order chi connectivity index (χ0) is 30.6. The van der Waals surface area contributed by atoms with Gasteiger partial charge >= 0.3 is 6.18 Å². The van der Waals surface area contributed by atoms with E-state index in [-0.39, 0.29) is 18.3 Å². The van der Waals surface area contributed by atoms with Gasteiger partial charge in [-0.15, -0.1) is 0 Å². The first kappa shape index (κ1) is 30.6. The summed E-state index contributed by atoms with van der Waals surface area (Å²) >= 11 is 0. The molecule has 1 aromatic heterocycles. The van der Waals surface area contributed by atoms with Crippen molar-refractivity contribution in [1.29, 1.82) is 0 Å². The van der Waals surface area contributed by atoms with Crippen LogP contribution in [0, 0.1) is 11.8 Å². The Balaban J connectivity index is 1.31. The Labute approximate surface area is 250 Å². The van der Waals surface area contributed by atoms with Gasteiger partial charge in [-0.05, 0) is 88.1 Å². The molecule has 8 nitrogen and oxygen atoms in total. The molecule has 3 heterocycles. The summed E-state index contributed by atoms with van der Waals surface area (Å²) in [6.45, 7) is 3.35. The largest absolute Gasteiger partial charge is 0.495 e. The summed E-state index contributed by atoms with van der Waals surface area (Å²) in [4.78, 5) is 16.4. The maximum absolute atomic E-state index is 13.6. The highest BCUT2D eigenvalue weighted by Gasteiger charge is 2.31. The van der Waals surface area contributed by atoms with E-state index in [1.165, 1.54) is 30.6 Å². The lowest BCUT2D eigenvalue weighted by Crippen LogP contribution is -2.48. The molecule has 0 atom stereocenters. The molecule has 2 aliphatic rings. The predicted octanol–water partition coefficient (Wildman–Crippen LogP) is 4.75. The number of amides is 1. The quantitative estimate of drug-likeness (QED) is 0.326. The molecule has 5 rings (SSSR count). The maximum Gasteiger partial charge on any atom is 0.406 e. The summed E-state index contributed by atoms with van der Waals surface area (Å²) in [7, 11) is 3.64. The van der Waals surface area contributed by atoms with Gasteiger partial charge in [0, 0.05) is 41.8 Å². The Kier molecular flexibility index (Phi) is 9.37. The molecule has 43 heavy (non-hydrogen) atoms. The van der Waals surface area contributed by atoms with Crippen LogP contribution in [0.1, 0.15) is 41.7 Å². The van der Waals surface area contributed by atoms with E-state index in [2.05, 4.69) is 39.3 Å². The lowest BCUT2D eigenvalue weighted by Gasteiger charge is -2.41. The molecule has 2 aliphatic heterocycles. The van der Waals surface area contributed by atoms with Crippen LogP contribution in [0.5, 0.6) is 5.75 Å². The number of nitrogens with one attached hydrogen (secondary N) is 2. The number of carbonyl (C=O) groups excluding carboxylic acids is 1. The van der Waals surface area contributed by atoms with E-state index in [4.69, 9.17) is 10.5 Å². The zero-order valence-corrected chi connectivity index (χ0v) is 24.6. The van der Waals surface area contributed by atoms with E-state index in [1.807, 2.05) is 6.07 Å². The van der Waals surface area contributed by atoms with Gasteiger partial charge in [0.05, 0.1) is 30.6 Å². The van der Waals surface area contributed by atoms with Gasteiger partial charge in [0.2, 0.25) is 5.91 Å². The molecule has 0 saturated carbocycles. The number of benzene rings is 2. The molecule has 2 fully saturated rings. The standard InChI is InChI=1S/C32H39F3N6O2/c1-39-15-12-24(13-16-39)40-17-10-23(11-18-40)38-27-6-3-7-29-26(27)20-25(41(29)21-32(33,34)35)5-4-14-37-28-9-8-22(31(36)42)19-30(28)43-2/h3,6-9,19-20,23-24,37-38H,10-18,21H2,1-2H3,(H2,36,42). The second-order valence-electron chi connectivity index (χ2n) is 11.4. The van der Waals surface area contributed by atoms with Crippen molar-refractivity contribution in [3.05, 3.63) is 53.7 Å². The Hall–Kier alpha value is -3.88. The van der Waals surface area contributed by atoms with Crippen molar-refractivity contribution >= 4 is 28.2 Å². The van der Waals surface area contributed by atoms with Crippen molar-refractivity contribution < 1.29 is 22.7 Å². The Morgan fingerprint density at radius 1 is 1.05 bits per heavy atom. The maximum atomic E-state index is 13.6. The summed E-state index contributed by atoms with van der Waals surface area (Å²) in [6.07, 6.45) is -0.00704. The van der Waals surface area contributed by atoms with Crippen molar-refractivity contribution in [3.8, 4) is 17.6 Å². The molecule has 11 heteroatoms. The van der Waals surface area contributed by atoms with E-state index >= 15 is 0 Å². The van der Waals surface area contributed by atoms with Crippen molar-refractivity contribution in [3.63, 3.8) is 0 Å². The molecule has 3 aromatic rings. The SMILES string of the molecule is COc1cc(C(N)=O)ccc1NCC#Cc1cc2c(NC3CCN(C4CCN(C)CC4)CC3)cccc2n1CC(F)(F)F. The summed E-state index contributed by atoms with van der Waals surface area (Å²) in [5.41, 5.74) is 7.84. The van der Waals surface area contributed by atoms with Gasteiger partial charge in [0.15, 0.2) is 0 Å². The lowest BCUT2D eigenvalue weighted by molar-refractivity contribution is -0.140. The molecule has 4 N–H and O–H groups in total. The molecule has 1 amide bonds. The molecular formula is C32H39F3N6O2. The van der Waals surface area contributed by atoms with Crippen molar-refractivity contribution in [2.45, 2.75) is 50.5 Å². The van der Waals surface area contributed by atoms with Crippen LogP contribution in [-0.2, 0) is 6.54 Å². The number of likely N-dealkylation sites (tertiary alicyclic amines) is 2. The van der Waals surface area contributed by atoms with E-state index < -0.39 is 18.6 Å². The first-order valence-electron chi connectivity index (χ1n) is 14.7. The average molecular weight is 597 g/mol. The number of fused-ring (bicyclic) bond motifs is 1. The molecule has 0 aliphatic carbocycles. The number of rotatable bonds is 8. The van der Waals surface area contributed by atoms with E-state index in [0.717, 1.165) is 50.1 Å². The Bertz CT molecular complexity index is 1490. The number of hydrogen-bond donors (Lipinski definition) is 3. The number of halogens is 3. The lowest BCUT2D eigenvalue weighted by atomic mass is 9.97. The van der Waals surface area contributed by atoms with Crippen LogP contribution < -0.4 is 21.1 Å². The number of hydrogen-bond acceptors (Lipinski definition) is 6. The number of carbonyl (C=O) groups is 1. The highest BCUT2D eigenvalue weighted by atomic mass is 19.4. The van der Waals surface area contributed by atoms with Crippen LogP contribution in [0.3, 0.4) is 0 Å². The molecule has 0 radical (unpaired) electrons. The number of alkyl halides is 3. The van der Waals surface area contributed by atoms with E-state index in [9.17, 15) is 18.0 Å². The van der Waals surface area contributed by atoms with Gasteiger partial charge in [0.25, 0.3) is 0 Å². The van der Waals surface area contributed by atoms with Crippen LogP contribution in [0.15, 0.2) is 42.5 Å². The van der Waals surface area contributed by atoms with Crippen LogP contribution in [0.25, 0.3) is 10.9 Å². The van der Waals surface area contributed by atoms with Crippen LogP contribution in [0.2, 0.25) is 0 Å². The van der Waals surface area contributed by atoms with Crippen molar-refractivity contribution in [2.24, 2.45) is 5.73 Å². The first-order valence-corrected chi connectivity index (χ1v) is 14.7. The van der Waals surface area contributed by atoms with Gasteiger partial charge in [-0.2, -0.15) is 13.2 Å². The third-order valence-corrected chi connectivity index (χ3v) is 8.45. The monoisotopic (exact) mass is 596 g/mol. The number of ether oxygens (including phenoxy) is 1. The van der Waals surface area contributed by atoms with Gasteiger partial charge < -0.3 is 35.5 Å². The number of aromatic nitrogens is 1. The zero-order valence-electron chi connectivity index (χ0n) is 24.6. The van der Waals surface area contributed by atoms with Crippen LogP contribution in [-0.4, -0.2) is 85.4 Å². The highest BCUT2D eigenvalue weighted by molar-refractivity contribution is 5.94. The molecular weight excluding hydrogens is 557 g/mol. The number of piperidine rings is 2. The Morgan fingerprint density at radius 2 is 1.79 bits per heavy atom. The highest BCUT2D eigenvalue weighted by Crippen LogP contribution is 2.32. The minimum absolute atomic E-state index is 0.154. The topological polar surface area (TPSA) is 87.8 Å². The second kappa shape index (κ2) is 13.2. The molecule has 230 valence electrons. The summed E-state index contributed by atoms with van der Waals surface area (Å²) < 4.78 is 47.5. The minimum Gasteiger partial charge on any atom is -0.495 e. The molecule has 2 aromatic carbocycles. The minimum atomic E-state index is -4.40. The smallest absolute Gasteiger partial charge is 0.406 e. The number of nitrogens with two attached hydrogens (primary N) is 1. The predicted molar refractivity (Wildman–Crippen MR) is 164 cm³/mol. The fourth-order valence-corrected chi connectivity index (χ4v) is 6.12. The van der Waals surface area contributed by atoms with Crippen LogP contribution in [0.4, 0.5) is 24.5 Å². The normalized spacial score (nSPS) is 17.4. The molecule has 0 bridgehead atoms. The molecule has 0 unspecified atom stereocenters. The number of primary amides is 1. The third-order valence-electron chi connectivity index (χ3n) is 8.45. The summed E-state index contributed by atoms with van der Waals surface area (Å²) in [6, 6.07) is 12.8. The van der Waals surface area contributed by atoms with Gasteiger partial charge in [-0.1, -0.05) is 12.0 Å². The summed E-state index contributed by atoms with van der Waals surface area (Å²) in [5, 5.41) is 7.46. The number of methoxy groups -OCH3 is 1. The average Bonchev–Trinajstić information content (AvgIpc) is 3.32.